The summed E-state index contributed by atoms with van der Waals surface area (Å²) in [6, 6.07) is 0. The Morgan fingerprint density at radius 3 is 2.77 bits per heavy atom. The third kappa shape index (κ3) is 1.46. The van der Waals surface area contributed by atoms with Crippen LogP contribution in [0.1, 0.15) is 25.7 Å². The van der Waals surface area contributed by atoms with Crippen LogP contribution < -0.4 is 0 Å². The lowest BCUT2D eigenvalue weighted by Crippen LogP contribution is -1.84. The van der Waals surface area contributed by atoms with Gasteiger partial charge in [0.25, 0.3) is 0 Å². The minimum absolute atomic E-state index is 0.305. The molecule has 4 heteroatoms. The van der Waals surface area contributed by atoms with Crippen molar-refractivity contribution in [1.82, 2.24) is 9.97 Å². The van der Waals surface area contributed by atoms with Crippen LogP contribution in [0.15, 0.2) is 21.3 Å². The minimum Gasteiger partial charge on any atom is -0.439 e. The Hall–Kier alpha value is -0.900. The molecule has 0 unspecified atom stereocenters. The van der Waals surface area contributed by atoms with Gasteiger partial charge in [-0.2, -0.15) is 0 Å². The Labute approximate surface area is 84.3 Å². The molecule has 0 bridgehead atoms. The predicted octanol–water partition coefficient (Wildman–Crippen LogP) is 3.11. The number of nitrogens with zero attached hydrogens (tertiary/aromatic N) is 2. The molecule has 2 heterocycles. The van der Waals surface area contributed by atoms with Crippen LogP contribution in [0.3, 0.4) is 0 Å². The average molecular weight is 241 g/mol. The fourth-order valence-corrected chi connectivity index (χ4v) is 1.49. The van der Waals surface area contributed by atoms with Gasteiger partial charge in [0, 0.05) is 12.1 Å². The molecule has 13 heavy (non-hydrogen) atoms. The first-order chi connectivity index (χ1) is 6.18. The minimum atomic E-state index is 0.305. The van der Waals surface area contributed by atoms with E-state index in [2.05, 4.69) is 25.9 Å². The lowest BCUT2D eigenvalue weighted by atomic mass is 10.2. The summed E-state index contributed by atoms with van der Waals surface area (Å²) in [5.74, 6) is 1.06. The SMILES string of the molecule is CC(C)c1nc2cncc(Br)c2o1. The second-order valence-electron chi connectivity index (χ2n) is 3.18. The van der Waals surface area contributed by atoms with E-state index in [9.17, 15) is 0 Å². The van der Waals surface area contributed by atoms with Crippen LogP contribution in [0.2, 0.25) is 0 Å². The number of fused-ring (bicyclic) bond motifs is 1. The van der Waals surface area contributed by atoms with Crippen LogP contribution in [-0.4, -0.2) is 9.97 Å². The van der Waals surface area contributed by atoms with E-state index < -0.39 is 0 Å². The number of halogens is 1. The second kappa shape index (κ2) is 3.10. The maximum atomic E-state index is 5.56. The molecule has 3 nitrogen and oxygen atoms in total. The van der Waals surface area contributed by atoms with Crippen LogP contribution in [0, 0.1) is 0 Å². The van der Waals surface area contributed by atoms with Crippen molar-refractivity contribution in [1.29, 1.82) is 0 Å². The quantitative estimate of drug-likeness (QED) is 0.769. The van der Waals surface area contributed by atoms with Gasteiger partial charge in [-0.15, -0.1) is 0 Å². The molecule has 0 aliphatic heterocycles. The van der Waals surface area contributed by atoms with E-state index in [-0.39, 0.29) is 0 Å². The number of rotatable bonds is 1. The summed E-state index contributed by atoms with van der Waals surface area (Å²) in [6.07, 6.45) is 3.41. The van der Waals surface area contributed by atoms with Gasteiger partial charge in [-0.05, 0) is 15.9 Å². The van der Waals surface area contributed by atoms with E-state index in [1.165, 1.54) is 0 Å². The van der Waals surface area contributed by atoms with Gasteiger partial charge in [0.2, 0.25) is 0 Å². The van der Waals surface area contributed by atoms with Crippen molar-refractivity contribution < 1.29 is 4.42 Å². The average Bonchev–Trinajstić information content (AvgIpc) is 2.49. The molecule has 0 fully saturated rings. The molecule has 2 aromatic heterocycles. The van der Waals surface area contributed by atoms with Crippen LogP contribution in [0.4, 0.5) is 0 Å². The second-order valence-corrected chi connectivity index (χ2v) is 4.03. The molecule has 0 N–H and O–H groups in total. The summed E-state index contributed by atoms with van der Waals surface area (Å²) >= 11 is 3.36. The topological polar surface area (TPSA) is 38.9 Å². The smallest absolute Gasteiger partial charge is 0.198 e. The Balaban J connectivity index is 2.68. The fraction of sp³-hybridized carbons (Fsp3) is 0.333. The lowest BCUT2D eigenvalue weighted by Gasteiger charge is -1.93. The Kier molecular flexibility index (Phi) is 2.07. The summed E-state index contributed by atoms with van der Waals surface area (Å²) in [7, 11) is 0. The van der Waals surface area contributed by atoms with E-state index in [0.717, 1.165) is 21.5 Å². The molecule has 0 amide bonds. The van der Waals surface area contributed by atoms with Gasteiger partial charge in [-0.1, -0.05) is 13.8 Å². The van der Waals surface area contributed by atoms with Crippen LogP contribution in [0.25, 0.3) is 11.1 Å². The lowest BCUT2D eigenvalue weighted by molar-refractivity contribution is 0.500. The molecule has 0 atom stereocenters. The Bertz CT molecular complexity index is 436. The van der Waals surface area contributed by atoms with Crippen molar-refractivity contribution in [2.45, 2.75) is 19.8 Å². The number of aromatic nitrogens is 2. The first-order valence-corrected chi connectivity index (χ1v) is 4.87. The van der Waals surface area contributed by atoms with Gasteiger partial charge >= 0.3 is 0 Å². The maximum absolute atomic E-state index is 5.56. The maximum Gasteiger partial charge on any atom is 0.198 e. The zero-order valence-corrected chi connectivity index (χ0v) is 9.00. The standard InChI is InChI=1S/C9H9BrN2O/c1-5(2)9-12-7-4-11-3-6(10)8(7)13-9/h3-5H,1-2H3. The Morgan fingerprint density at radius 1 is 1.38 bits per heavy atom. The third-order valence-corrected chi connectivity index (χ3v) is 2.33. The number of oxazole rings is 1. The summed E-state index contributed by atoms with van der Waals surface area (Å²) in [6.45, 7) is 4.10. The van der Waals surface area contributed by atoms with Gasteiger partial charge in [0.15, 0.2) is 11.5 Å². The van der Waals surface area contributed by atoms with Crippen molar-refractivity contribution >= 4 is 27.0 Å². The van der Waals surface area contributed by atoms with Crippen molar-refractivity contribution in [2.75, 3.05) is 0 Å². The van der Waals surface area contributed by atoms with Gasteiger partial charge in [-0.3, -0.25) is 4.98 Å². The molecule has 0 saturated carbocycles. The van der Waals surface area contributed by atoms with Crippen LogP contribution >= 0.6 is 15.9 Å². The molecule has 2 rings (SSSR count). The molecule has 0 saturated heterocycles. The highest BCUT2D eigenvalue weighted by Gasteiger charge is 2.11. The van der Waals surface area contributed by atoms with Crippen LogP contribution in [0.5, 0.6) is 0 Å². The first kappa shape index (κ1) is 8.69. The first-order valence-electron chi connectivity index (χ1n) is 4.08. The van der Waals surface area contributed by atoms with Crippen molar-refractivity contribution in [2.24, 2.45) is 0 Å². The predicted molar refractivity (Wildman–Crippen MR) is 53.6 cm³/mol. The molecule has 68 valence electrons. The number of pyridine rings is 1. The number of hydrogen-bond acceptors (Lipinski definition) is 3. The van der Waals surface area contributed by atoms with Crippen molar-refractivity contribution in [3.63, 3.8) is 0 Å². The van der Waals surface area contributed by atoms with E-state index in [1.807, 2.05) is 13.8 Å². The highest BCUT2D eigenvalue weighted by atomic mass is 79.9. The number of hydrogen-bond donors (Lipinski definition) is 0. The van der Waals surface area contributed by atoms with Crippen molar-refractivity contribution in [3.05, 3.63) is 22.8 Å². The molecule has 0 aliphatic rings. The highest BCUT2D eigenvalue weighted by molar-refractivity contribution is 9.10. The molecule has 2 aromatic rings. The van der Waals surface area contributed by atoms with Crippen molar-refractivity contribution in [3.8, 4) is 0 Å². The molecule has 0 aliphatic carbocycles. The third-order valence-electron chi connectivity index (χ3n) is 1.77. The normalized spacial score (nSPS) is 11.4. The monoisotopic (exact) mass is 240 g/mol. The van der Waals surface area contributed by atoms with Gasteiger partial charge < -0.3 is 4.42 Å². The molecule has 0 spiro atoms. The molecular weight excluding hydrogens is 232 g/mol. The van der Waals surface area contributed by atoms with Gasteiger partial charge in [-0.25, -0.2) is 4.98 Å². The zero-order chi connectivity index (χ0) is 9.42. The Morgan fingerprint density at radius 2 is 2.15 bits per heavy atom. The summed E-state index contributed by atoms with van der Waals surface area (Å²) < 4.78 is 6.41. The zero-order valence-electron chi connectivity index (χ0n) is 7.41. The van der Waals surface area contributed by atoms with Gasteiger partial charge in [0.05, 0.1) is 10.7 Å². The van der Waals surface area contributed by atoms with E-state index in [1.54, 1.807) is 12.4 Å². The molecule has 0 radical (unpaired) electrons. The highest BCUT2D eigenvalue weighted by Crippen LogP contribution is 2.25. The molecular formula is C9H9BrN2O. The van der Waals surface area contributed by atoms with Crippen LogP contribution in [-0.2, 0) is 0 Å². The fourth-order valence-electron chi connectivity index (χ4n) is 1.09. The van der Waals surface area contributed by atoms with Gasteiger partial charge in [0.1, 0.15) is 5.52 Å². The summed E-state index contributed by atoms with van der Waals surface area (Å²) in [5, 5.41) is 0. The van der Waals surface area contributed by atoms with E-state index in [0.29, 0.717) is 5.92 Å². The summed E-state index contributed by atoms with van der Waals surface area (Å²) in [4.78, 5) is 8.33. The largest absolute Gasteiger partial charge is 0.439 e. The summed E-state index contributed by atoms with van der Waals surface area (Å²) in [5.41, 5.74) is 1.58. The molecule has 0 aromatic carbocycles. The van der Waals surface area contributed by atoms with E-state index in [4.69, 9.17) is 4.42 Å². The van der Waals surface area contributed by atoms with E-state index >= 15 is 0 Å².